The summed E-state index contributed by atoms with van der Waals surface area (Å²) in [4.78, 5) is 15.6. The minimum Gasteiger partial charge on any atom is -0.293 e. The van der Waals surface area contributed by atoms with Crippen LogP contribution in [0, 0.1) is 0 Å². The molecule has 1 aromatic heterocycles. The van der Waals surface area contributed by atoms with Gasteiger partial charge in [-0.1, -0.05) is 27.7 Å². The molecule has 2 nitrogen and oxygen atoms in total. The average Bonchev–Trinajstić information content (AvgIpc) is 2.15. The SMILES string of the molecule is CCc1c(C(C)(C)C)ccnc1C(C)=O. The maximum atomic E-state index is 11.4. The van der Waals surface area contributed by atoms with Gasteiger partial charge in [-0.2, -0.15) is 0 Å². The number of hydrogen-bond donors (Lipinski definition) is 0. The fourth-order valence-electron chi connectivity index (χ4n) is 1.86. The molecule has 0 saturated carbocycles. The first-order chi connectivity index (χ1) is 6.88. The topological polar surface area (TPSA) is 30.0 Å². The van der Waals surface area contributed by atoms with E-state index in [0.717, 1.165) is 12.0 Å². The third-order valence-corrected chi connectivity index (χ3v) is 2.55. The van der Waals surface area contributed by atoms with Crippen molar-refractivity contribution in [2.75, 3.05) is 0 Å². The molecule has 1 heterocycles. The van der Waals surface area contributed by atoms with E-state index in [4.69, 9.17) is 0 Å². The molecule has 0 aliphatic rings. The highest BCUT2D eigenvalue weighted by Gasteiger charge is 2.20. The number of ketones is 1. The van der Waals surface area contributed by atoms with Crippen LogP contribution in [0.5, 0.6) is 0 Å². The second-order valence-electron chi connectivity index (χ2n) is 4.85. The molecule has 0 aromatic carbocycles. The Morgan fingerprint density at radius 1 is 1.40 bits per heavy atom. The van der Waals surface area contributed by atoms with E-state index in [1.807, 2.05) is 6.07 Å². The van der Waals surface area contributed by atoms with Crippen LogP contribution < -0.4 is 0 Å². The van der Waals surface area contributed by atoms with E-state index in [1.165, 1.54) is 5.56 Å². The number of aromatic nitrogens is 1. The van der Waals surface area contributed by atoms with Crippen LogP contribution in [0.3, 0.4) is 0 Å². The highest BCUT2D eigenvalue weighted by atomic mass is 16.1. The Kier molecular flexibility index (Phi) is 3.28. The Morgan fingerprint density at radius 2 is 2.00 bits per heavy atom. The van der Waals surface area contributed by atoms with Crippen LogP contribution in [-0.2, 0) is 11.8 Å². The Bertz CT molecular complexity index is 375. The first-order valence-corrected chi connectivity index (χ1v) is 5.37. The Hall–Kier alpha value is -1.18. The predicted octanol–water partition coefficient (Wildman–Crippen LogP) is 3.14. The quantitative estimate of drug-likeness (QED) is 0.694. The minimum absolute atomic E-state index is 0.0537. The van der Waals surface area contributed by atoms with Crippen molar-refractivity contribution in [3.8, 4) is 0 Å². The molecule has 82 valence electrons. The Balaban J connectivity index is 3.42. The van der Waals surface area contributed by atoms with Crippen molar-refractivity contribution in [1.29, 1.82) is 0 Å². The van der Waals surface area contributed by atoms with E-state index in [9.17, 15) is 4.79 Å². The van der Waals surface area contributed by atoms with E-state index in [-0.39, 0.29) is 11.2 Å². The van der Waals surface area contributed by atoms with Gasteiger partial charge in [0.2, 0.25) is 0 Å². The number of rotatable bonds is 2. The summed E-state index contributed by atoms with van der Waals surface area (Å²) in [6.45, 7) is 10.1. The lowest BCUT2D eigenvalue weighted by molar-refractivity contribution is 0.101. The molecule has 0 radical (unpaired) electrons. The molecular weight excluding hydrogens is 186 g/mol. The molecule has 0 saturated heterocycles. The standard InChI is InChI=1S/C13H19NO/c1-6-10-11(13(3,4)5)7-8-14-12(10)9(2)15/h7-8H,6H2,1-5H3. The summed E-state index contributed by atoms with van der Waals surface area (Å²) in [6, 6.07) is 2.02. The van der Waals surface area contributed by atoms with Crippen molar-refractivity contribution in [3.63, 3.8) is 0 Å². The molecule has 0 bridgehead atoms. The molecule has 1 rings (SSSR count). The highest BCUT2D eigenvalue weighted by molar-refractivity contribution is 5.93. The van der Waals surface area contributed by atoms with Gasteiger partial charge in [-0.15, -0.1) is 0 Å². The summed E-state index contributed by atoms with van der Waals surface area (Å²) in [6.07, 6.45) is 2.59. The van der Waals surface area contributed by atoms with E-state index in [0.29, 0.717) is 5.69 Å². The van der Waals surface area contributed by atoms with E-state index in [1.54, 1.807) is 13.1 Å². The summed E-state index contributed by atoms with van der Waals surface area (Å²) in [5.74, 6) is 0.0537. The average molecular weight is 205 g/mol. The number of carbonyl (C=O) groups excluding carboxylic acids is 1. The van der Waals surface area contributed by atoms with Crippen molar-refractivity contribution in [2.45, 2.75) is 46.5 Å². The second kappa shape index (κ2) is 4.13. The molecule has 0 spiro atoms. The number of nitrogens with zero attached hydrogens (tertiary/aromatic N) is 1. The van der Waals surface area contributed by atoms with Gasteiger partial charge in [-0.3, -0.25) is 9.78 Å². The second-order valence-corrected chi connectivity index (χ2v) is 4.85. The Labute approximate surface area is 91.7 Å². The van der Waals surface area contributed by atoms with Crippen molar-refractivity contribution >= 4 is 5.78 Å². The van der Waals surface area contributed by atoms with Crippen molar-refractivity contribution < 1.29 is 4.79 Å². The number of carbonyl (C=O) groups is 1. The fourth-order valence-corrected chi connectivity index (χ4v) is 1.86. The van der Waals surface area contributed by atoms with Gasteiger partial charge < -0.3 is 0 Å². The van der Waals surface area contributed by atoms with Crippen LogP contribution in [0.1, 0.15) is 56.2 Å². The molecule has 0 aliphatic heterocycles. The van der Waals surface area contributed by atoms with Crippen LogP contribution in [0.4, 0.5) is 0 Å². The van der Waals surface area contributed by atoms with Crippen molar-refractivity contribution in [3.05, 3.63) is 29.1 Å². The van der Waals surface area contributed by atoms with E-state index >= 15 is 0 Å². The van der Waals surface area contributed by atoms with E-state index in [2.05, 4.69) is 32.7 Å². The summed E-state index contributed by atoms with van der Waals surface area (Å²) in [5.41, 5.74) is 3.02. The van der Waals surface area contributed by atoms with Gasteiger partial charge in [0.1, 0.15) is 5.69 Å². The van der Waals surface area contributed by atoms with Gasteiger partial charge >= 0.3 is 0 Å². The first kappa shape index (κ1) is 11.9. The molecule has 0 aliphatic carbocycles. The van der Waals surface area contributed by atoms with Crippen LogP contribution in [0.25, 0.3) is 0 Å². The lowest BCUT2D eigenvalue weighted by Crippen LogP contribution is -2.17. The molecule has 0 amide bonds. The molecule has 1 aromatic rings. The smallest absolute Gasteiger partial charge is 0.178 e. The van der Waals surface area contributed by atoms with Gasteiger partial charge in [0.15, 0.2) is 5.78 Å². The third kappa shape index (κ3) is 2.44. The minimum atomic E-state index is 0.0537. The number of Topliss-reactive ketones (excluding diaryl/α,β-unsaturated/α-hetero) is 1. The van der Waals surface area contributed by atoms with Crippen molar-refractivity contribution in [2.24, 2.45) is 0 Å². The lowest BCUT2D eigenvalue weighted by Gasteiger charge is -2.23. The number of pyridine rings is 1. The summed E-state index contributed by atoms with van der Waals surface area (Å²) in [7, 11) is 0. The molecule has 0 N–H and O–H groups in total. The monoisotopic (exact) mass is 205 g/mol. The van der Waals surface area contributed by atoms with Crippen molar-refractivity contribution in [1.82, 2.24) is 4.98 Å². The third-order valence-electron chi connectivity index (χ3n) is 2.55. The zero-order chi connectivity index (χ0) is 11.6. The van der Waals surface area contributed by atoms with Gasteiger partial charge in [0, 0.05) is 13.1 Å². The van der Waals surface area contributed by atoms with Gasteiger partial charge in [0.25, 0.3) is 0 Å². The maximum Gasteiger partial charge on any atom is 0.178 e. The molecular formula is C13H19NO. The van der Waals surface area contributed by atoms with Crippen LogP contribution in [0.2, 0.25) is 0 Å². The van der Waals surface area contributed by atoms with Gasteiger partial charge in [-0.25, -0.2) is 0 Å². The maximum absolute atomic E-state index is 11.4. The summed E-state index contributed by atoms with van der Waals surface area (Å²) in [5, 5.41) is 0. The fraction of sp³-hybridized carbons (Fsp3) is 0.538. The summed E-state index contributed by atoms with van der Waals surface area (Å²) >= 11 is 0. The zero-order valence-corrected chi connectivity index (χ0v) is 10.2. The molecule has 15 heavy (non-hydrogen) atoms. The molecule has 0 fully saturated rings. The van der Waals surface area contributed by atoms with Gasteiger partial charge in [-0.05, 0) is 29.0 Å². The highest BCUT2D eigenvalue weighted by Crippen LogP contribution is 2.27. The van der Waals surface area contributed by atoms with E-state index < -0.39 is 0 Å². The zero-order valence-electron chi connectivity index (χ0n) is 10.2. The lowest BCUT2D eigenvalue weighted by atomic mass is 9.82. The van der Waals surface area contributed by atoms with Gasteiger partial charge in [0.05, 0.1) is 0 Å². The largest absolute Gasteiger partial charge is 0.293 e. The van der Waals surface area contributed by atoms with Crippen LogP contribution in [-0.4, -0.2) is 10.8 Å². The number of hydrogen-bond acceptors (Lipinski definition) is 2. The summed E-state index contributed by atoms with van der Waals surface area (Å²) < 4.78 is 0. The molecule has 0 atom stereocenters. The van der Waals surface area contributed by atoms with Crippen LogP contribution in [0.15, 0.2) is 12.3 Å². The predicted molar refractivity (Wildman–Crippen MR) is 62.3 cm³/mol. The van der Waals surface area contributed by atoms with Crippen LogP contribution >= 0.6 is 0 Å². The molecule has 0 unspecified atom stereocenters. The Morgan fingerprint density at radius 3 is 2.40 bits per heavy atom. The molecule has 2 heteroatoms. The first-order valence-electron chi connectivity index (χ1n) is 5.37. The normalized spacial score (nSPS) is 11.5.